The molecule has 0 aliphatic heterocycles. The summed E-state index contributed by atoms with van der Waals surface area (Å²) in [5.74, 6) is -1.13. The molecule has 0 bridgehead atoms. The van der Waals surface area contributed by atoms with E-state index in [4.69, 9.17) is 10.8 Å². The number of nitrogen functional groups attached to an aromatic ring is 1. The number of nitro groups is 1. The molecule has 0 spiro atoms. The third kappa shape index (κ3) is 1.98. The number of rotatable bonds is 3. The molecule has 2 aromatic rings. The van der Waals surface area contributed by atoms with Gasteiger partial charge in [0.05, 0.1) is 10.6 Å². The molecular formula is C10H8N4O4. The average molecular weight is 248 g/mol. The number of hydrogen-bond donors (Lipinski definition) is 2. The highest BCUT2D eigenvalue weighted by Crippen LogP contribution is 2.19. The second-order valence-electron chi connectivity index (χ2n) is 3.45. The Bertz CT molecular complexity index is 635. The summed E-state index contributed by atoms with van der Waals surface area (Å²) >= 11 is 0. The van der Waals surface area contributed by atoms with Crippen molar-refractivity contribution >= 4 is 17.5 Å². The van der Waals surface area contributed by atoms with Crippen LogP contribution in [0, 0.1) is 10.1 Å². The number of aromatic carboxylic acids is 1. The summed E-state index contributed by atoms with van der Waals surface area (Å²) < 4.78 is 1.14. The van der Waals surface area contributed by atoms with Crippen LogP contribution >= 0.6 is 0 Å². The zero-order valence-electron chi connectivity index (χ0n) is 8.98. The number of carboxylic acid groups (broad SMARTS) is 1. The quantitative estimate of drug-likeness (QED) is 0.618. The number of nitrogens with two attached hydrogens (primary N) is 1. The van der Waals surface area contributed by atoms with Gasteiger partial charge in [0.25, 0.3) is 5.69 Å². The van der Waals surface area contributed by atoms with Crippen LogP contribution in [0.5, 0.6) is 0 Å². The van der Waals surface area contributed by atoms with E-state index >= 15 is 0 Å². The zero-order chi connectivity index (χ0) is 13.3. The van der Waals surface area contributed by atoms with E-state index in [0.717, 1.165) is 4.68 Å². The Kier molecular flexibility index (Phi) is 2.68. The molecule has 8 heteroatoms. The largest absolute Gasteiger partial charge is 0.476 e. The fraction of sp³-hybridized carbons (Fsp3) is 0. The molecule has 0 saturated carbocycles. The molecule has 92 valence electrons. The maximum atomic E-state index is 10.7. The van der Waals surface area contributed by atoms with E-state index in [1.807, 2.05) is 0 Å². The molecule has 0 saturated heterocycles. The summed E-state index contributed by atoms with van der Waals surface area (Å²) in [6, 6.07) is 6.77. The lowest BCUT2D eigenvalue weighted by atomic mass is 10.3. The van der Waals surface area contributed by atoms with Crippen LogP contribution in [0.1, 0.15) is 10.5 Å². The molecule has 0 radical (unpaired) electrons. The third-order valence-electron chi connectivity index (χ3n) is 2.24. The van der Waals surface area contributed by atoms with Gasteiger partial charge in [0.2, 0.25) is 0 Å². The number of carboxylic acids is 1. The topological polar surface area (TPSA) is 124 Å². The van der Waals surface area contributed by atoms with E-state index in [1.165, 1.54) is 24.3 Å². The Morgan fingerprint density at radius 2 is 2.17 bits per heavy atom. The van der Waals surface area contributed by atoms with Gasteiger partial charge in [-0.15, -0.1) is 0 Å². The number of nitrogens with zero attached hydrogens (tertiary/aromatic N) is 3. The fourth-order valence-corrected chi connectivity index (χ4v) is 1.45. The second kappa shape index (κ2) is 4.17. The van der Waals surface area contributed by atoms with E-state index in [9.17, 15) is 14.9 Å². The van der Waals surface area contributed by atoms with Gasteiger partial charge in [0.15, 0.2) is 5.69 Å². The van der Waals surface area contributed by atoms with Crippen molar-refractivity contribution in [3.8, 4) is 5.69 Å². The molecule has 1 aromatic heterocycles. The third-order valence-corrected chi connectivity index (χ3v) is 2.24. The highest BCUT2D eigenvalue weighted by atomic mass is 16.6. The number of carbonyl (C=O) groups is 1. The highest BCUT2D eigenvalue weighted by molar-refractivity contribution is 5.86. The molecule has 2 rings (SSSR count). The molecule has 18 heavy (non-hydrogen) atoms. The van der Waals surface area contributed by atoms with E-state index in [0.29, 0.717) is 5.69 Å². The van der Waals surface area contributed by atoms with Crippen molar-refractivity contribution in [2.24, 2.45) is 0 Å². The predicted molar refractivity (Wildman–Crippen MR) is 61.6 cm³/mol. The Morgan fingerprint density at radius 1 is 1.44 bits per heavy atom. The summed E-state index contributed by atoms with van der Waals surface area (Å²) in [5.41, 5.74) is 5.58. The van der Waals surface area contributed by atoms with E-state index in [1.54, 1.807) is 6.07 Å². The van der Waals surface area contributed by atoms with Crippen molar-refractivity contribution in [3.05, 3.63) is 46.1 Å². The molecule has 1 heterocycles. The maximum absolute atomic E-state index is 10.7. The first-order valence-electron chi connectivity index (χ1n) is 4.82. The van der Waals surface area contributed by atoms with E-state index < -0.39 is 10.9 Å². The number of aromatic nitrogens is 2. The summed E-state index contributed by atoms with van der Waals surface area (Å²) in [7, 11) is 0. The molecule has 0 aliphatic carbocycles. The maximum Gasteiger partial charge on any atom is 0.356 e. The van der Waals surface area contributed by atoms with Crippen molar-refractivity contribution in [1.29, 1.82) is 0 Å². The standard InChI is InChI=1S/C10H8N4O4/c11-9-5-8(10(15)16)12-13(9)6-2-1-3-7(4-6)14(17)18/h1-5H,11H2,(H,15,16). The lowest BCUT2D eigenvalue weighted by Crippen LogP contribution is -2.04. The minimum Gasteiger partial charge on any atom is -0.476 e. The molecule has 0 atom stereocenters. The molecule has 0 amide bonds. The highest BCUT2D eigenvalue weighted by Gasteiger charge is 2.14. The van der Waals surface area contributed by atoms with Crippen LogP contribution in [0.25, 0.3) is 5.69 Å². The molecule has 0 aliphatic rings. The Hall–Kier alpha value is -2.90. The molecule has 0 fully saturated rings. The van der Waals surface area contributed by atoms with Gasteiger partial charge < -0.3 is 10.8 Å². The van der Waals surface area contributed by atoms with Gasteiger partial charge in [-0.2, -0.15) is 5.10 Å². The van der Waals surface area contributed by atoms with Crippen LogP contribution in [-0.2, 0) is 0 Å². The first kappa shape index (κ1) is 11.6. The fourth-order valence-electron chi connectivity index (χ4n) is 1.45. The summed E-state index contributed by atoms with van der Waals surface area (Å²) in [6.45, 7) is 0. The van der Waals surface area contributed by atoms with Crippen LogP contribution in [0.2, 0.25) is 0 Å². The number of non-ortho nitro benzene ring substituents is 1. The Balaban J connectivity index is 2.51. The Morgan fingerprint density at radius 3 is 2.72 bits per heavy atom. The van der Waals surface area contributed by atoms with E-state index in [2.05, 4.69) is 5.10 Å². The van der Waals surface area contributed by atoms with Crippen LogP contribution in [0.3, 0.4) is 0 Å². The monoisotopic (exact) mass is 248 g/mol. The van der Waals surface area contributed by atoms with Crippen LogP contribution in [0.4, 0.5) is 11.5 Å². The van der Waals surface area contributed by atoms with Crippen molar-refractivity contribution in [2.45, 2.75) is 0 Å². The van der Waals surface area contributed by atoms with Crippen LogP contribution in [-0.4, -0.2) is 25.8 Å². The first-order chi connectivity index (χ1) is 8.49. The number of nitro benzene ring substituents is 1. The van der Waals surface area contributed by atoms with Crippen LogP contribution < -0.4 is 5.73 Å². The van der Waals surface area contributed by atoms with Gasteiger partial charge in [-0.1, -0.05) is 6.07 Å². The minimum absolute atomic E-state index is 0.0906. The average Bonchev–Trinajstić information content (AvgIpc) is 2.72. The summed E-state index contributed by atoms with van der Waals surface area (Å²) in [5, 5.41) is 23.2. The van der Waals surface area contributed by atoms with Crippen molar-refractivity contribution < 1.29 is 14.8 Å². The summed E-state index contributed by atoms with van der Waals surface area (Å²) in [6.07, 6.45) is 0. The molecule has 3 N–H and O–H groups in total. The van der Waals surface area contributed by atoms with E-state index in [-0.39, 0.29) is 17.2 Å². The van der Waals surface area contributed by atoms with Gasteiger partial charge in [-0.05, 0) is 6.07 Å². The van der Waals surface area contributed by atoms with Gasteiger partial charge in [-0.3, -0.25) is 10.1 Å². The minimum atomic E-state index is -1.22. The lowest BCUT2D eigenvalue weighted by molar-refractivity contribution is -0.384. The lowest BCUT2D eigenvalue weighted by Gasteiger charge is -2.02. The van der Waals surface area contributed by atoms with Crippen molar-refractivity contribution in [1.82, 2.24) is 9.78 Å². The van der Waals surface area contributed by atoms with Crippen molar-refractivity contribution in [3.63, 3.8) is 0 Å². The molecule has 1 aromatic carbocycles. The zero-order valence-corrected chi connectivity index (χ0v) is 8.98. The number of anilines is 1. The predicted octanol–water partition coefficient (Wildman–Crippen LogP) is 1.06. The SMILES string of the molecule is Nc1cc(C(=O)O)nn1-c1cccc([N+](=O)[O-])c1. The van der Waals surface area contributed by atoms with Gasteiger partial charge >= 0.3 is 5.97 Å². The van der Waals surface area contributed by atoms with Gasteiger partial charge in [0.1, 0.15) is 5.82 Å². The normalized spacial score (nSPS) is 10.2. The van der Waals surface area contributed by atoms with Gasteiger partial charge in [0, 0.05) is 18.2 Å². The number of hydrogen-bond acceptors (Lipinski definition) is 5. The summed E-state index contributed by atoms with van der Waals surface area (Å²) in [4.78, 5) is 20.8. The van der Waals surface area contributed by atoms with Crippen molar-refractivity contribution in [2.75, 3.05) is 5.73 Å². The van der Waals surface area contributed by atoms with Gasteiger partial charge in [-0.25, -0.2) is 9.48 Å². The first-order valence-corrected chi connectivity index (χ1v) is 4.82. The Labute approximate surface area is 100 Å². The number of benzene rings is 1. The second-order valence-corrected chi connectivity index (χ2v) is 3.45. The molecular weight excluding hydrogens is 240 g/mol. The van der Waals surface area contributed by atoms with Crippen LogP contribution in [0.15, 0.2) is 30.3 Å². The smallest absolute Gasteiger partial charge is 0.356 e. The molecule has 8 nitrogen and oxygen atoms in total. The molecule has 0 unspecified atom stereocenters.